The molecule has 1 amide bonds. The summed E-state index contributed by atoms with van der Waals surface area (Å²) in [5.41, 5.74) is 0. The van der Waals surface area contributed by atoms with Gasteiger partial charge >= 0.3 is 0 Å². The predicted octanol–water partition coefficient (Wildman–Crippen LogP) is 1.99. The Labute approximate surface area is 112 Å². The maximum Gasteiger partial charge on any atom is 0.261 e. The summed E-state index contributed by atoms with van der Waals surface area (Å²) in [6.45, 7) is 3.48. The van der Waals surface area contributed by atoms with Gasteiger partial charge in [-0.25, -0.2) is 0 Å². The Morgan fingerprint density at radius 1 is 1.44 bits per heavy atom. The lowest BCUT2D eigenvalue weighted by Crippen LogP contribution is -2.43. The third-order valence-electron chi connectivity index (χ3n) is 2.56. The Kier molecular flexibility index (Phi) is 5.95. The van der Waals surface area contributed by atoms with Gasteiger partial charge in [-0.3, -0.25) is 4.79 Å². The highest BCUT2D eigenvalue weighted by Gasteiger charge is 2.17. The SMILES string of the molecule is CC[C@@H](CO)NC(=O)C(C)Oc1ccc(Cl)cc1. The van der Waals surface area contributed by atoms with Crippen molar-refractivity contribution in [2.75, 3.05) is 6.61 Å². The fraction of sp³-hybridized carbons (Fsp3) is 0.462. The van der Waals surface area contributed by atoms with E-state index in [-0.39, 0.29) is 18.6 Å². The first-order chi connectivity index (χ1) is 8.56. The van der Waals surface area contributed by atoms with Crippen LogP contribution in [0.4, 0.5) is 0 Å². The number of benzene rings is 1. The number of carbonyl (C=O) groups is 1. The van der Waals surface area contributed by atoms with Crippen LogP contribution >= 0.6 is 11.6 Å². The normalized spacial score (nSPS) is 13.8. The molecule has 1 unspecified atom stereocenters. The Morgan fingerprint density at radius 3 is 2.56 bits per heavy atom. The van der Waals surface area contributed by atoms with Gasteiger partial charge in [0.05, 0.1) is 12.6 Å². The van der Waals surface area contributed by atoms with E-state index in [1.807, 2.05) is 6.92 Å². The number of aliphatic hydroxyl groups is 1. The second kappa shape index (κ2) is 7.24. The van der Waals surface area contributed by atoms with Crippen LogP contribution in [0.15, 0.2) is 24.3 Å². The molecule has 0 saturated carbocycles. The van der Waals surface area contributed by atoms with Crippen LogP contribution in [0, 0.1) is 0 Å². The molecular formula is C13H18ClNO3. The van der Waals surface area contributed by atoms with Gasteiger partial charge in [0.2, 0.25) is 0 Å². The minimum absolute atomic E-state index is 0.0735. The molecule has 0 fully saturated rings. The van der Waals surface area contributed by atoms with E-state index < -0.39 is 6.10 Å². The minimum Gasteiger partial charge on any atom is -0.481 e. The van der Waals surface area contributed by atoms with E-state index in [2.05, 4.69) is 5.32 Å². The van der Waals surface area contributed by atoms with Gasteiger partial charge in [0.25, 0.3) is 5.91 Å². The molecule has 0 aliphatic carbocycles. The van der Waals surface area contributed by atoms with Crippen molar-refractivity contribution in [2.24, 2.45) is 0 Å². The third kappa shape index (κ3) is 4.55. The number of ether oxygens (including phenoxy) is 1. The molecule has 1 aromatic rings. The zero-order valence-electron chi connectivity index (χ0n) is 10.5. The van der Waals surface area contributed by atoms with Gasteiger partial charge in [0, 0.05) is 5.02 Å². The Balaban J connectivity index is 2.51. The summed E-state index contributed by atoms with van der Waals surface area (Å²) in [7, 11) is 0. The van der Waals surface area contributed by atoms with E-state index in [0.29, 0.717) is 17.2 Å². The molecule has 0 radical (unpaired) electrons. The Hall–Kier alpha value is -1.26. The molecule has 2 atom stereocenters. The first-order valence-electron chi connectivity index (χ1n) is 5.90. The van der Waals surface area contributed by atoms with E-state index in [0.717, 1.165) is 0 Å². The number of nitrogens with one attached hydrogen (secondary N) is 1. The average molecular weight is 272 g/mol. The van der Waals surface area contributed by atoms with E-state index in [4.69, 9.17) is 21.4 Å². The average Bonchev–Trinajstić information content (AvgIpc) is 2.38. The number of carbonyl (C=O) groups excluding carboxylic acids is 1. The molecule has 0 saturated heterocycles. The lowest BCUT2D eigenvalue weighted by atomic mass is 10.2. The summed E-state index contributed by atoms with van der Waals surface area (Å²) >= 11 is 5.75. The van der Waals surface area contributed by atoms with Gasteiger partial charge in [0.15, 0.2) is 6.10 Å². The second-order valence-corrected chi connectivity index (χ2v) is 4.45. The maximum atomic E-state index is 11.8. The van der Waals surface area contributed by atoms with Crippen LogP contribution in [0.5, 0.6) is 5.75 Å². The van der Waals surface area contributed by atoms with Crippen LogP contribution in [0.1, 0.15) is 20.3 Å². The second-order valence-electron chi connectivity index (χ2n) is 4.01. The van der Waals surface area contributed by atoms with Crippen molar-refractivity contribution >= 4 is 17.5 Å². The molecule has 0 aliphatic heterocycles. The standard InChI is InChI=1S/C13H18ClNO3/c1-3-11(8-16)15-13(17)9(2)18-12-6-4-10(14)5-7-12/h4-7,9,11,16H,3,8H2,1-2H3,(H,15,17)/t9?,11-/m0/s1. The quantitative estimate of drug-likeness (QED) is 0.832. The molecule has 0 aliphatic rings. The molecule has 1 rings (SSSR count). The molecule has 18 heavy (non-hydrogen) atoms. The number of halogens is 1. The molecule has 1 aromatic carbocycles. The summed E-state index contributed by atoms with van der Waals surface area (Å²) in [4.78, 5) is 11.8. The lowest BCUT2D eigenvalue weighted by Gasteiger charge is -2.19. The van der Waals surface area contributed by atoms with Gasteiger partial charge in [-0.15, -0.1) is 0 Å². The highest BCUT2D eigenvalue weighted by Crippen LogP contribution is 2.16. The first kappa shape index (κ1) is 14.8. The first-order valence-corrected chi connectivity index (χ1v) is 6.28. The summed E-state index contributed by atoms with van der Waals surface area (Å²) in [5, 5.41) is 12.3. The van der Waals surface area contributed by atoms with E-state index >= 15 is 0 Å². The van der Waals surface area contributed by atoms with Crippen LogP contribution in [0.2, 0.25) is 5.02 Å². The maximum absolute atomic E-state index is 11.8. The summed E-state index contributed by atoms with van der Waals surface area (Å²) in [6, 6.07) is 6.58. The Bertz CT molecular complexity index is 376. The summed E-state index contributed by atoms with van der Waals surface area (Å²) in [5.74, 6) is 0.338. The minimum atomic E-state index is -0.619. The highest BCUT2D eigenvalue weighted by atomic mass is 35.5. The Morgan fingerprint density at radius 2 is 2.06 bits per heavy atom. The molecule has 0 spiro atoms. The van der Waals surface area contributed by atoms with Crippen molar-refractivity contribution in [3.63, 3.8) is 0 Å². The largest absolute Gasteiger partial charge is 0.481 e. The van der Waals surface area contributed by atoms with Crippen molar-refractivity contribution in [1.82, 2.24) is 5.32 Å². The van der Waals surface area contributed by atoms with Gasteiger partial charge in [-0.2, -0.15) is 0 Å². The van der Waals surface area contributed by atoms with Crippen LogP contribution in [0.3, 0.4) is 0 Å². The monoisotopic (exact) mass is 271 g/mol. The summed E-state index contributed by atoms with van der Waals surface area (Å²) in [6.07, 6.45) is 0.0578. The van der Waals surface area contributed by atoms with Gasteiger partial charge in [-0.1, -0.05) is 18.5 Å². The molecule has 0 aromatic heterocycles. The number of aliphatic hydroxyl groups excluding tert-OH is 1. The molecule has 2 N–H and O–H groups in total. The molecule has 5 heteroatoms. The lowest BCUT2D eigenvalue weighted by molar-refractivity contribution is -0.128. The zero-order chi connectivity index (χ0) is 13.5. The number of hydrogen-bond donors (Lipinski definition) is 2. The third-order valence-corrected chi connectivity index (χ3v) is 2.81. The van der Waals surface area contributed by atoms with Crippen molar-refractivity contribution < 1.29 is 14.6 Å². The fourth-order valence-corrected chi connectivity index (χ4v) is 1.49. The van der Waals surface area contributed by atoms with Crippen molar-refractivity contribution in [3.8, 4) is 5.75 Å². The molecule has 0 heterocycles. The highest BCUT2D eigenvalue weighted by molar-refractivity contribution is 6.30. The van der Waals surface area contributed by atoms with Crippen LogP contribution < -0.4 is 10.1 Å². The van der Waals surface area contributed by atoms with E-state index in [1.165, 1.54) is 0 Å². The molecule has 4 nitrogen and oxygen atoms in total. The molecule has 100 valence electrons. The van der Waals surface area contributed by atoms with Gasteiger partial charge < -0.3 is 15.2 Å². The predicted molar refractivity (Wildman–Crippen MR) is 70.8 cm³/mol. The molecule has 0 bridgehead atoms. The molecular weight excluding hydrogens is 254 g/mol. The fourth-order valence-electron chi connectivity index (χ4n) is 1.37. The van der Waals surface area contributed by atoms with Crippen molar-refractivity contribution in [2.45, 2.75) is 32.4 Å². The summed E-state index contributed by atoms with van der Waals surface area (Å²) < 4.78 is 5.47. The smallest absolute Gasteiger partial charge is 0.261 e. The van der Waals surface area contributed by atoms with Crippen LogP contribution in [-0.4, -0.2) is 29.8 Å². The van der Waals surface area contributed by atoms with Gasteiger partial charge in [-0.05, 0) is 37.6 Å². The zero-order valence-corrected chi connectivity index (χ0v) is 11.3. The van der Waals surface area contributed by atoms with Crippen LogP contribution in [0.25, 0.3) is 0 Å². The number of amides is 1. The van der Waals surface area contributed by atoms with Crippen LogP contribution in [-0.2, 0) is 4.79 Å². The van der Waals surface area contributed by atoms with E-state index in [9.17, 15) is 4.79 Å². The number of rotatable bonds is 6. The van der Waals surface area contributed by atoms with E-state index in [1.54, 1.807) is 31.2 Å². The topological polar surface area (TPSA) is 58.6 Å². The van der Waals surface area contributed by atoms with Crippen molar-refractivity contribution in [3.05, 3.63) is 29.3 Å². The van der Waals surface area contributed by atoms with Crippen molar-refractivity contribution in [1.29, 1.82) is 0 Å². The number of hydrogen-bond acceptors (Lipinski definition) is 3. The van der Waals surface area contributed by atoms with Gasteiger partial charge in [0.1, 0.15) is 5.75 Å².